The van der Waals surface area contributed by atoms with Crippen LogP contribution in [0.2, 0.25) is 0 Å². The summed E-state index contributed by atoms with van der Waals surface area (Å²) in [6, 6.07) is 9.24. The average molecular weight is 274 g/mol. The molecule has 4 nitrogen and oxygen atoms in total. The molecule has 106 valence electrons. The van der Waals surface area contributed by atoms with Gasteiger partial charge in [-0.15, -0.1) is 0 Å². The molecule has 0 aliphatic rings. The number of hydrogen-bond donors (Lipinski definition) is 0. The fourth-order valence-electron chi connectivity index (χ4n) is 1.43. The van der Waals surface area contributed by atoms with Crippen LogP contribution in [0.15, 0.2) is 36.4 Å². The number of benzene rings is 1. The van der Waals surface area contributed by atoms with Crippen LogP contribution in [-0.4, -0.2) is 24.1 Å². The minimum atomic E-state index is -0.931. The predicted octanol–water partition coefficient (Wildman–Crippen LogP) is 2.57. The average Bonchev–Trinajstić information content (AvgIpc) is 2.46. The summed E-state index contributed by atoms with van der Waals surface area (Å²) < 4.78 is 4.74. The number of ether oxygens (including phenoxy) is 1. The summed E-state index contributed by atoms with van der Waals surface area (Å²) in [4.78, 5) is 34.3. The maximum atomic E-state index is 11.5. The summed E-state index contributed by atoms with van der Waals surface area (Å²) in [5.74, 6) is -2.14. The van der Waals surface area contributed by atoms with Crippen molar-refractivity contribution in [3.8, 4) is 0 Å². The van der Waals surface area contributed by atoms with E-state index >= 15 is 0 Å². The molecule has 0 N–H and O–H groups in total. The van der Waals surface area contributed by atoms with Gasteiger partial charge in [-0.05, 0) is 18.1 Å². The SMILES string of the molecule is CCCCOC(=O)C(=O)CC(=O)/C=C/c1ccccc1. The Labute approximate surface area is 118 Å². The molecule has 0 aromatic heterocycles. The predicted molar refractivity (Wildman–Crippen MR) is 76.0 cm³/mol. The van der Waals surface area contributed by atoms with Crippen LogP contribution in [0.5, 0.6) is 0 Å². The largest absolute Gasteiger partial charge is 0.460 e. The number of carbonyl (C=O) groups excluding carboxylic acids is 3. The zero-order chi connectivity index (χ0) is 14.8. The van der Waals surface area contributed by atoms with Gasteiger partial charge in [-0.2, -0.15) is 0 Å². The second kappa shape index (κ2) is 8.80. The molecule has 0 aliphatic heterocycles. The Bertz CT molecular complexity index is 488. The van der Waals surface area contributed by atoms with E-state index in [4.69, 9.17) is 4.74 Å². The van der Waals surface area contributed by atoms with Gasteiger partial charge >= 0.3 is 5.97 Å². The van der Waals surface area contributed by atoms with Crippen molar-refractivity contribution in [2.75, 3.05) is 6.61 Å². The Kier molecular flexibility index (Phi) is 6.96. The molecule has 20 heavy (non-hydrogen) atoms. The summed E-state index contributed by atoms with van der Waals surface area (Å²) in [7, 11) is 0. The van der Waals surface area contributed by atoms with Crippen LogP contribution in [0.3, 0.4) is 0 Å². The van der Waals surface area contributed by atoms with Gasteiger partial charge in [0.2, 0.25) is 5.78 Å². The second-order valence-corrected chi connectivity index (χ2v) is 4.30. The number of rotatable bonds is 8. The summed E-state index contributed by atoms with van der Waals surface area (Å²) in [6.07, 6.45) is 4.04. The van der Waals surface area contributed by atoms with Crippen LogP contribution in [0, 0.1) is 0 Å². The highest BCUT2D eigenvalue weighted by atomic mass is 16.5. The molecule has 4 heteroatoms. The van der Waals surface area contributed by atoms with Crippen molar-refractivity contribution in [3.63, 3.8) is 0 Å². The fraction of sp³-hybridized carbons (Fsp3) is 0.312. The Morgan fingerprint density at radius 1 is 1.15 bits per heavy atom. The van der Waals surface area contributed by atoms with Gasteiger partial charge in [0.05, 0.1) is 13.0 Å². The van der Waals surface area contributed by atoms with E-state index in [9.17, 15) is 14.4 Å². The Balaban J connectivity index is 2.40. The van der Waals surface area contributed by atoms with Crippen molar-refractivity contribution >= 4 is 23.6 Å². The normalized spacial score (nSPS) is 10.4. The van der Waals surface area contributed by atoms with Crippen molar-refractivity contribution in [1.82, 2.24) is 0 Å². The van der Waals surface area contributed by atoms with E-state index in [1.807, 2.05) is 37.3 Å². The lowest BCUT2D eigenvalue weighted by atomic mass is 10.1. The highest BCUT2D eigenvalue weighted by molar-refractivity contribution is 6.37. The van der Waals surface area contributed by atoms with Gasteiger partial charge in [-0.3, -0.25) is 9.59 Å². The molecular weight excluding hydrogens is 256 g/mol. The monoisotopic (exact) mass is 274 g/mol. The molecule has 0 unspecified atom stereocenters. The maximum absolute atomic E-state index is 11.5. The number of carbonyl (C=O) groups is 3. The van der Waals surface area contributed by atoms with Crippen LogP contribution in [0.4, 0.5) is 0 Å². The molecule has 1 aromatic rings. The molecule has 0 heterocycles. The van der Waals surface area contributed by atoms with Crippen molar-refractivity contribution in [3.05, 3.63) is 42.0 Å². The van der Waals surface area contributed by atoms with Crippen molar-refractivity contribution < 1.29 is 19.1 Å². The lowest BCUT2D eigenvalue weighted by molar-refractivity contribution is -0.154. The maximum Gasteiger partial charge on any atom is 0.375 e. The van der Waals surface area contributed by atoms with Crippen LogP contribution in [-0.2, 0) is 19.1 Å². The highest BCUT2D eigenvalue weighted by Gasteiger charge is 2.17. The molecule has 0 amide bonds. The Morgan fingerprint density at radius 2 is 1.85 bits per heavy atom. The first-order valence-electron chi connectivity index (χ1n) is 6.59. The van der Waals surface area contributed by atoms with Crippen molar-refractivity contribution in [2.45, 2.75) is 26.2 Å². The van der Waals surface area contributed by atoms with Gasteiger partial charge in [0, 0.05) is 0 Å². The van der Waals surface area contributed by atoms with Gasteiger partial charge in [-0.25, -0.2) is 4.79 Å². The molecule has 0 spiro atoms. The molecule has 0 atom stereocenters. The van der Waals surface area contributed by atoms with Crippen LogP contribution >= 0.6 is 0 Å². The lowest BCUT2D eigenvalue weighted by Gasteiger charge is -2.01. The molecular formula is C16H18O4. The molecule has 0 saturated carbocycles. The smallest absolute Gasteiger partial charge is 0.375 e. The summed E-state index contributed by atoms with van der Waals surface area (Å²) >= 11 is 0. The first-order valence-corrected chi connectivity index (χ1v) is 6.59. The van der Waals surface area contributed by atoms with Crippen molar-refractivity contribution in [1.29, 1.82) is 0 Å². The molecule has 0 fully saturated rings. The topological polar surface area (TPSA) is 60.4 Å². The van der Waals surface area contributed by atoms with Crippen molar-refractivity contribution in [2.24, 2.45) is 0 Å². The minimum absolute atomic E-state index is 0.217. The van der Waals surface area contributed by atoms with E-state index in [0.717, 1.165) is 12.0 Å². The second-order valence-electron chi connectivity index (χ2n) is 4.30. The van der Waals surface area contributed by atoms with Crippen LogP contribution in [0.1, 0.15) is 31.7 Å². The van der Waals surface area contributed by atoms with E-state index in [2.05, 4.69) is 0 Å². The molecule has 0 aliphatic carbocycles. The Morgan fingerprint density at radius 3 is 2.50 bits per heavy atom. The lowest BCUT2D eigenvalue weighted by Crippen LogP contribution is -2.20. The number of Topliss-reactive ketones (excluding diaryl/α,β-unsaturated/α-hetero) is 1. The van der Waals surface area contributed by atoms with Gasteiger partial charge in [0.25, 0.3) is 0 Å². The van der Waals surface area contributed by atoms with E-state index in [0.29, 0.717) is 6.42 Å². The minimum Gasteiger partial charge on any atom is -0.460 e. The molecule has 1 aromatic carbocycles. The van der Waals surface area contributed by atoms with Crippen LogP contribution < -0.4 is 0 Å². The molecule has 0 radical (unpaired) electrons. The van der Waals surface area contributed by atoms with Crippen LogP contribution in [0.25, 0.3) is 6.08 Å². The zero-order valence-corrected chi connectivity index (χ0v) is 11.5. The summed E-state index contributed by atoms with van der Waals surface area (Å²) in [5.41, 5.74) is 0.860. The third kappa shape index (κ3) is 6.09. The zero-order valence-electron chi connectivity index (χ0n) is 11.5. The van der Waals surface area contributed by atoms with E-state index in [-0.39, 0.29) is 6.61 Å². The number of ketones is 2. The molecule has 0 bridgehead atoms. The third-order valence-corrected chi connectivity index (χ3v) is 2.55. The third-order valence-electron chi connectivity index (χ3n) is 2.55. The van der Waals surface area contributed by atoms with E-state index < -0.39 is 24.0 Å². The number of allylic oxidation sites excluding steroid dienone is 1. The number of esters is 1. The van der Waals surface area contributed by atoms with Gasteiger partial charge < -0.3 is 4.74 Å². The first kappa shape index (κ1) is 15.8. The molecule has 0 saturated heterocycles. The summed E-state index contributed by atoms with van der Waals surface area (Å²) in [5, 5.41) is 0. The van der Waals surface area contributed by atoms with Gasteiger partial charge in [-0.1, -0.05) is 49.8 Å². The Hall–Kier alpha value is -2.23. The standard InChI is InChI=1S/C16H18O4/c1-2-3-11-20-16(19)15(18)12-14(17)10-9-13-7-5-4-6-8-13/h4-10H,2-3,11-12H2,1H3/b10-9+. The summed E-state index contributed by atoms with van der Waals surface area (Å²) in [6.45, 7) is 2.17. The van der Waals surface area contributed by atoms with Gasteiger partial charge in [0.15, 0.2) is 5.78 Å². The fourth-order valence-corrected chi connectivity index (χ4v) is 1.43. The first-order chi connectivity index (χ1) is 9.63. The van der Waals surface area contributed by atoms with E-state index in [1.165, 1.54) is 6.08 Å². The quantitative estimate of drug-likeness (QED) is 0.240. The number of hydrogen-bond acceptors (Lipinski definition) is 4. The highest BCUT2D eigenvalue weighted by Crippen LogP contribution is 2.02. The number of unbranched alkanes of at least 4 members (excludes halogenated alkanes) is 1. The van der Waals surface area contributed by atoms with Gasteiger partial charge in [0.1, 0.15) is 0 Å². The molecule has 1 rings (SSSR count). The van der Waals surface area contributed by atoms with E-state index in [1.54, 1.807) is 6.08 Å².